The van der Waals surface area contributed by atoms with Crippen LogP contribution in [-0.4, -0.2) is 12.6 Å². The standard InChI is InChI=1S/C4H6F3N2O/c5-4(6,7)10-3-1-2-8-9-3/h2-3,8-9H,1H2. The van der Waals surface area contributed by atoms with Crippen molar-refractivity contribution in [3.05, 3.63) is 6.54 Å². The van der Waals surface area contributed by atoms with Crippen molar-refractivity contribution in [2.75, 3.05) is 0 Å². The molecule has 0 aromatic heterocycles. The van der Waals surface area contributed by atoms with Crippen LogP contribution in [0.1, 0.15) is 6.42 Å². The molecule has 1 atom stereocenters. The van der Waals surface area contributed by atoms with Crippen molar-refractivity contribution in [3.8, 4) is 0 Å². The van der Waals surface area contributed by atoms with Crippen LogP contribution >= 0.6 is 0 Å². The molecule has 1 heterocycles. The van der Waals surface area contributed by atoms with E-state index in [0.29, 0.717) is 0 Å². The first-order valence-electron chi connectivity index (χ1n) is 2.65. The van der Waals surface area contributed by atoms with Gasteiger partial charge in [-0.2, -0.15) is 0 Å². The van der Waals surface area contributed by atoms with Crippen LogP contribution in [0.3, 0.4) is 0 Å². The SMILES string of the molecule is FC(F)(F)OC1C[CH]NN1. The summed E-state index contributed by atoms with van der Waals surface area (Å²) in [5.41, 5.74) is 4.66. The van der Waals surface area contributed by atoms with Crippen molar-refractivity contribution >= 4 is 0 Å². The van der Waals surface area contributed by atoms with Gasteiger partial charge < -0.3 is 0 Å². The van der Waals surface area contributed by atoms with E-state index >= 15 is 0 Å². The molecule has 1 aliphatic heterocycles. The minimum Gasteiger partial charge on any atom is -0.272 e. The van der Waals surface area contributed by atoms with E-state index in [0.717, 1.165) is 0 Å². The van der Waals surface area contributed by atoms with E-state index in [2.05, 4.69) is 15.6 Å². The summed E-state index contributed by atoms with van der Waals surface area (Å²) in [6.45, 7) is 1.45. The van der Waals surface area contributed by atoms with Gasteiger partial charge in [0.2, 0.25) is 0 Å². The highest BCUT2D eigenvalue weighted by Gasteiger charge is 2.34. The Morgan fingerprint density at radius 3 is 2.60 bits per heavy atom. The average Bonchev–Trinajstić information content (AvgIpc) is 2.12. The number of hydrazine groups is 1. The van der Waals surface area contributed by atoms with Crippen molar-refractivity contribution in [2.24, 2.45) is 0 Å². The predicted octanol–water partition coefficient (Wildman–Crippen LogP) is 0.509. The normalized spacial score (nSPS) is 27.3. The van der Waals surface area contributed by atoms with Crippen molar-refractivity contribution in [2.45, 2.75) is 19.0 Å². The zero-order valence-electron chi connectivity index (χ0n) is 4.90. The lowest BCUT2D eigenvalue weighted by Crippen LogP contribution is -2.35. The summed E-state index contributed by atoms with van der Waals surface area (Å²) in [6.07, 6.45) is -5.34. The highest BCUT2D eigenvalue weighted by Crippen LogP contribution is 2.20. The Labute approximate surface area is 55.5 Å². The number of alkyl halides is 3. The highest BCUT2D eigenvalue weighted by molar-refractivity contribution is 4.72. The van der Waals surface area contributed by atoms with E-state index in [4.69, 9.17) is 0 Å². The average molecular weight is 155 g/mol. The molecule has 1 unspecified atom stereocenters. The van der Waals surface area contributed by atoms with Gasteiger partial charge in [-0.15, -0.1) is 13.2 Å². The second-order valence-corrected chi connectivity index (χ2v) is 1.78. The topological polar surface area (TPSA) is 33.3 Å². The molecule has 0 amide bonds. The van der Waals surface area contributed by atoms with Crippen LogP contribution in [0.25, 0.3) is 0 Å². The summed E-state index contributed by atoms with van der Waals surface area (Å²) in [6, 6.07) is 0. The Morgan fingerprint density at radius 2 is 2.20 bits per heavy atom. The highest BCUT2D eigenvalue weighted by atomic mass is 19.4. The summed E-state index contributed by atoms with van der Waals surface area (Å²) in [4.78, 5) is 0. The van der Waals surface area contributed by atoms with Gasteiger partial charge in [0.25, 0.3) is 0 Å². The molecule has 1 saturated heterocycles. The smallest absolute Gasteiger partial charge is 0.272 e. The monoisotopic (exact) mass is 155 g/mol. The molecule has 6 heteroatoms. The molecule has 0 bridgehead atoms. The molecular formula is C4H6F3N2O. The lowest BCUT2D eigenvalue weighted by atomic mass is 10.4. The maximum atomic E-state index is 11.4. The van der Waals surface area contributed by atoms with Gasteiger partial charge in [-0.1, -0.05) is 0 Å². The van der Waals surface area contributed by atoms with Gasteiger partial charge in [0.15, 0.2) is 0 Å². The van der Waals surface area contributed by atoms with Crippen LogP contribution in [-0.2, 0) is 4.74 Å². The van der Waals surface area contributed by atoms with Gasteiger partial charge >= 0.3 is 6.36 Å². The summed E-state index contributed by atoms with van der Waals surface area (Å²) >= 11 is 0. The fourth-order valence-electron chi connectivity index (χ4n) is 0.616. The molecule has 0 aromatic rings. The molecule has 2 N–H and O–H groups in total. The van der Waals surface area contributed by atoms with Gasteiger partial charge in [-0.05, 0) is 0 Å². The van der Waals surface area contributed by atoms with E-state index in [-0.39, 0.29) is 6.42 Å². The van der Waals surface area contributed by atoms with Gasteiger partial charge in [0.05, 0.1) is 0 Å². The zero-order chi connectivity index (χ0) is 7.61. The van der Waals surface area contributed by atoms with Gasteiger partial charge in [-0.3, -0.25) is 10.2 Å². The first-order valence-corrected chi connectivity index (χ1v) is 2.65. The van der Waals surface area contributed by atoms with E-state index in [1.165, 1.54) is 6.54 Å². The maximum absolute atomic E-state index is 11.4. The molecule has 0 aliphatic carbocycles. The molecule has 1 radical (unpaired) electrons. The molecule has 59 valence electrons. The number of nitrogens with one attached hydrogen (secondary N) is 2. The van der Waals surface area contributed by atoms with Crippen LogP contribution in [0, 0.1) is 6.54 Å². The largest absolute Gasteiger partial charge is 0.524 e. The minimum absolute atomic E-state index is 0.208. The summed E-state index contributed by atoms with van der Waals surface area (Å²) in [5.74, 6) is 0. The fraction of sp³-hybridized carbons (Fsp3) is 0.750. The molecule has 0 saturated carbocycles. The summed E-state index contributed by atoms with van der Waals surface area (Å²) < 4.78 is 37.8. The number of halogens is 3. The van der Waals surface area contributed by atoms with Crippen LogP contribution in [0.5, 0.6) is 0 Å². The Hall–Kier alpha value is -0.330. The Morgan fingerprint density at radius 1 is 1.50 bits per heavy atom. The van der Waals surface area contributed by atoms with Crippen molar-refractivity contribution in [3.63, 3.8) is 0 Å². The molecule has 3 nitrogen and oxygen atoms in total. The second kappa shape index (κ2) is 2.73. The Bertz CT molecular complexity index is 110. The van der Waals surface area contributed by atoms with Gasteiger partial charge in [0.1, 0.15) is 6.23 Å². The summed E-state index contributed by atoms with van der Waals surface area (Å²) in [7, 11) is 0. The van der Waals surface area contributed by atoms with Gasteiger partial charge in [-0.25, -0.2) is 5.43 Å². The molecule has 1 fully saturated rings. The van der Waals surface area contributed by atoms with Crippen LogP contribution in [0.2, 0.25) is 0 Å². The number of hydrogen-bond donors (Lipinski definition) is 2. The summed E-state index contributed by atoms with van der Waals surface area (Å²) in [5, 5.41) is 0. The van der Waals surface area contributed by atoms with E-state index in [9.17, 15) is 13.2 Å². The third-order valence-corrected chi connectivity index (χ3v) is 0.954. The van der Waals surface area contributed by atoms with Crippen molar-refractivity contribution < 1.29 is 17.9 Å². The minimum atomic E-state index is -4.56. The number of rotatable bonds is 1. The van der Waals surface area contributed by atoms with Crippen LogP contribution < -0.4 is 10.9 Å². The lowest BCUT2D eigenvalue weighted by Gasteiger charge is -2.12. The van der Waals surface area contributed by atoms with Crippen molar-refractivity contribution in [1.82, 2.24) is 10.9 Å². The fourth-order valence-corrected chi connectivity index (χ4v) is 0.616. The Kier molecular flexibility index (Phi) is 2.12. The molecular weight excluding hydrogens is 149 g/mol. The first-order chi connectivity index (χ1) is 4.58. The second-order valence-electron chi connectivity index (χ2n) is 1.78. The molecule has 1 aliphatic rings. The van der Waals surface area contributed by atoms with Crippen LogP contribution in [0.4, 0.5) is 13.2 Å². The van der Waals surface area contributed by atoms with Crippen LogP contribution in [0.15, 0.2) is 0 Å². The lowest BCUT2D eigenvalue weighted by molar-refractivity contribution is -0.344. The zero-order valence-corrected chi connectivity index (χ0v) is 4.90. The van der Waals surface area contributed by atoms with Gasteiger partial charge in [0, 0.05) is 13.0 Å². The predicted molar refractivity (Wildman–Crippen MR) is 26.1 cm³/mol. The molecule has 10 heavy (non-hydrogen) atoms. The first kappa shape index (κ1) is 7.77. The number of hydrogen-bond acceptors (Lipinski definition) is 3. The Balaban J connectivity index is 2.24. The van der Waals surface area contributed by atoms with E-state index < -0.39 is 12.6 Å². The third-order valence-electron chi connectivity index (χ3n) is 0.954. The third kappa shape index (κ3) is 2.51. The maximum Gasteiger partial charge on any atom is 0.524 e. The van der Waals surface area contributed by atoms with E-state index in [1.807, 2.05) is 0 Å². The molecule has 1 rings (SSSR count). The quantitative estimate of drug-likeness (QED) is 0.578. The molecule has 0 aromatic carbocycles. The molecule has 0 spiro atoms. The van der Waals surface area contributed by atoms with Crippen molar-refractivity contribution in [1.29, 1.82) is 0 Å². The number of ether oxygens (including phenoxy) is 1. The van der Waals surface area contributed by atoms with E-state index in [1.54, 1.807) is 0 Å².